The summed E-state index contributed by atoms with van der Waals surface area (Å²) in [6.45, 7) is 4.30. The zero-order chi connectivity index (χ0) is 16.5. The first-order valence-corrected chi connectivity index (χ1v) is 10.4. The van der Waals surface area contributed by atoms with E-state index in [9.17, 15) is 5.11 Å². The molecule has 0 radical (unpaired) electrons. The summed E-state index contributed by atoms with van der Waals surface area (Å²) >= 11 is 3.60. The number of phenols is 1. The van der Waals surface area contributed by atoms with Gasteiger partial charge in [0.2, 0.25) is 0 Å². The van der Waals surface area contributed by atoms with Crippen LogP contribution in [0.5, 0.6) is 5.75 Å². The fourth-order valence-corrected chi connectivity index (χ4v) is 5.17. The minimum atomic E-state index is 0.351. The predicted octanol–water partition coefficient (Wildman–Crippen LogP) is 3.77. The highest BCUT2D eigenvalue weighted by atomic mass is 32.2. The Hall–Kier alpha value is -1.14. The number of hydrogen-bond acceptors (Lipinski definition) is 5. The van der Waals surface area contributed by atoms with Gasteiger partial charge in [0, 0.05) is 46.9 Å². The third-order valence-electron chi connectivity index (χ3n) is 4.85. The van der Waals surface area contributed by atoms with Crippen molar-refractivity contribution in [1.29, 1.82) is 0 Å². The Morgan fingerprint density at radius 3 is 2.75 bits per heavy atom. The van der Waals surface area contributed by atoms with Gasteiger partial charge in [-0.05, 0) is 54.1 Å². The van der Waals surface area contributed by atoms with Crippen LogP contribution < -0.4 is 5.32 Å². The summed E-state index contributed by atoms with van der Waals surface area (Å²) in [7, 11) is 0. The molecule has 126 valence electrons. The molecule has 5 heteroatoms. The normalized spacial score (nSPS) is 21.0. The van der Waals surface area contributed by atoms with Gasteiger partial charge in [-0.3, -0.25) is 4.90 Å². The molecule has 0 spiro atoms. The highest BCUT2D eigenvalue weighted by molar-refractivity contribution is 7.99. The Morgan fingerprint density at radius 1 is 1.12 bits per heavy atom. The molecule has 1 atom stereocenters. The number of aromatic hydroxyl groups is 1. The molecular formula is C19H22N2OS2. The number of rotatable bonds is 2. The van der Waals surface area contributed by atoms with E-state index in [1.54, 1.807) is 23.5 Å². The monoisotopic (exact) mass is 358 g/mol. The quantitative estimate of drug-likeness (QED) is 0.799. The number of nitrogens with zero attached hydrogens (tertiary/aromatic N) is 1. The van der Waals surface area contributed by atoms with E-state index in [0.29, 0.717) is 11.8 Å². The number of thioether (sulfide) groups is 1. The summed E-state index contributed by atoms with van der Waals surface area (Å²) in [5.41, 5.74) is 2.77. The molecule has 0 aliphatic carbocycles. The van der Waals surface area contributed by atoms with E-state index in [4.69, 9.17) is 0 Å². The molecule has 3 nitrogen and oxygen atoms in total. The molecule has 0 amide bonds. The lowest BCUT2D eigenvalue weighted by atomic mass is 9.96. The van der Waals surface area contributed by atoms with Crippen LogP contribution in [0.25, 0.3) is 0 Å². The van der Waals surface area contributed by atoms with Crippen molar-refractivity contribution < 1.29 is 5.11 Å². The number of hydrogen-bond donors (Lipinski definition) is 2. The minimum Gasteiger partial charge on any atom is -0.508 e. The van der Waals surface area contributed by atoms with Crippen molar-refractivity contribution in [2.75, 3.05) is 32.4 Å². The Labute approximate surface area is 151 Å². The molecule has 4 rings (SSSR count). The van der Waals surface area contributed by atoms with Crippen molar-refractivity contribution in [3.05, 3.63) is 47.5 Å². The second-order valence-electron chi connectivity index (χ2n) is 6.30. The molecule has 2 aliphatic rings. The van der Waals surface area contributed by atoms with Gasteiger partial charge in [-0.15, -0.1) is 11.8 Å². The van der Waals surface area contributed by atoms with Crippen molar-refractivity contribution in [3.8, 4) is 5.75 Å². The Bertz CT molecular complexity index is 744. The molecule has 0 aromatic heterocycles. The first-order chi connectivity index (χ1) is 11.7. The highest BCUT2D eigenvalue weighted by Crippen LogP contribution is 2.44. The van der Waals surface area contributed by atoms with Crippen molar-refractivity contribution in [2.45, 2.75) is 27.1 Å². The third kappa shape index (κ3) is 3.18. The Balaban J connectivity index is 1.80. The molecule has 0 bridgehead atoms. The van der Waals surface area contributed by atoms with E-state index in [-0.39, 0.29) is 0 Å². The topological polar surface area (TPSA) is 35.5 Å². The number of piperazine rings is 1. The number of nitrogens with one attached hydrogen (secondary N) is 1. The van der Waals surface area contributed by atoms with Gasteiger partial charge in [0.05, 0.1) is 0 Å². The van der Waals surface area contributed by atoms with Crippen LogP contribution in [0.15, 0.2) is 51.1 Å². The molecule has 2 N–H and O–H groups in total. The molecule has 2 heterocycles. The first kappa shape index (κ1) is 16.3. The average Bonchev–Trinajstić information content (AvgIpc) is 2.78. The van der Waals surface area contributed by atoms with Gasteiger partial charge in [0.1, 0.15) is 5.75 Å². The minimum absolute atomic E-state index is 0.351. The van der Waals surface area contributed by atoms with Crippen LogP contribution in [0, 0.1) is 0 Å². The SMILES string of the molecule is CSc1ccc2c(c1)C(N1CCNCC1)Cc1ccc(O)cc1S2. The Morgan fingerprint density at radius 2 is 1.96 bits per heavy atom. The second-order valence-corrected chi connectivity index (χ2v) is 8.27. The lowest BCUT2D eigenvalue weighted by Crippen LogP contribution is -2.45. The van der Waals surface area contributed by atoms with Gasteiger partial charge in [-0.1, -0.05) is 17.8 Å². The van der Waals surface area contributed by atoms with Gasteiger partial charge in [-0.2, -0.15) is 0 Å². The third-order valence-corrected chi connectivity index (χ3v) is 6.77. The van der Waals surface area contributed by atoms with Crippen molar-refractivity contribution >= 4 is 23.5 Å². The maximum absolute atomic E-state index is 9.89. The molecule has 1 saturated heterocycles. The molecule has 2 aliphatic heterocycles. The summed E-state index contributed by atoms with van der Waals surface area (Å²) in [6.07, 6.45) is 3.14. The van der Waals surface area contributed by atoms with Crippen LogP contribution in [0.2, 0.25) is 0 Å². The Kier molecular flexibility index (Phi) is 4.77. The molecule has 0 saturated carbocycles. The van der Waals surface area contributed by atoms with Crippen LogP contribution in [-0.4, -0.2) is 42.4 Å². The lowest BCUT2D eigenvalue weighted by Gasteiger charge is -2.35. The van der Waals surface area contributed by atoms with E-state index < -0.39 is 0 Å². The standard InChI is InChI=1S/C19H22N2OS2/c1-23-15-4-5-18-16(12-15)17(21-8-6-20-7-9-21)10-13-2-3-14(22)11-19(13)24-18/h2-5,11-12,17,20,22H,6-10H2,1H3. The molecular weight excluding hydrogens is 336 g/mol. The summed E-state index contributed by atoms with van der Waals surface area (Å²) in [5, 5.41) is 13.3. The molecule has 1 unspecified atom stereocenters. The molecule has 24 heavy (non-hydrogen) atoms. The maximum Gasteiger partial charge on any atom is 0.116 e. The fourth-order valence-electron chi connectivity index (χ4n) is 3.57. The smallest absolute Gasteiger partial charge is 0.116 e. The van der Waals surface area contributed by atoms with Gasteiger partial charge in [-0.25, -0.2) is 0 Å². The van der Waals surface area contributed by atoms with Crippen LogP contribution in [0.4, 0.5) is 0 Å². The average molecular weight is 359 g/mol. The highest BCUT2D eigenvalue weighted by Gasteiger charge is 2.28. The summed E-state index contributed by atoms with van der Waals surface area (Å²) in [5.74, 6) is 0.351. The summed E-state index contributed by atoms with van der Waals surface area (Å²) in [6, 6.07) is 13.1. The van der Waals surface area contributed by atoms with Gasteiger partial charge in [0.25, 0.3) is 0 Å². The zero-order valence-corrected chi connectivity index (χ0v) is 15.4. The first-order valence-electron chi connectivity index (χ1n) is 8.37. The van der Waals surface area contributed by atoms with Crippen molar-refractivity contribution in [2.24, 2.45) is 0 Å². The maximum atomic E-state index is 9.89. The van der Waals surface area contributed by atoms with E-state index >= 15 is 0 Å². The predicted molar refractivity (Wildman–Crippen MR) is 101 cm³/mol. The van der Waals surface area contributed by atoms with E-state index in [0.717, 1.165) is 32.6 Å². The van der Waals surface area contributed by atoms with Crippen LogP contribution >= 0.6 is 23.5 Å². The van der Waals surface area contributed by atoms with Crippen LogP contribution in [-0.2, 0) is 6.42 Å². The zero-order valence-electron chi connectivity index (χ0n) is 13.8. The fraction of sp³-hybridized carbons (Fsp3) is 0.368. The number of fused-ring (bicyclic) bond motifs is 2. The largest absolute Gasteiger partial charge is 0.508 e. The molecule has 2 aromatic carbocycles. The van der Waals surface area contributed by atoms with E-state index in [1.165, 1.54) is 25.8 Å². The van der Waals surface area contributed by atoms with Crippen molar-refractivity contribution in [3.63, 3.8) is 0 Å². The molecule has 1 fully saturated rings. The van der Waals surface area contributed by atoms with Gasteiger partial charge >= 0.3 is 0 Å². The lowest BCUT2D eigenvalue weighted by molar-refractivity contribution is 0.170. The van der Waals surface area contributed by atoms with Crippen LogP contribution in [0.1, 0.15) is 17.2 Å². The van der Waals surface area contributed by atoms with Gasteiger partial charge < -0.3 is 10.4 Å². The number of benzene rings is 2. The number of phenolic OH excluding ortho intramolecular Hbond substituents is 1. The van der Waals surface area contributed by atoms with Crippen LogP contribution in [0.3, 0.4) is 0 Å². The molecule has 2 aromatic rings. The second kappa shape index (κ2) is 7.00. The summed E-state index contributed by atoms with van der Waals surface area (Å²) < 4.78 is 0. The van der Waals surface area contributed by atoms with Gasteiger partial charge in [0.15, 0.2) is 0 Å². The van der Waals surface area contributed by atoms with E-state index in [2.05, 4.69) is 40.7 Å². The van der Waals surface area contributed by atoms with E-state index in [1.807, 2.05) is 12.1 Å². The summed E-state index contributed by atoms with van der Waals surface area (Å²) in [4.78, 5) is 6.44. The van der Waals surface area contributed by atoms with Crippen molar-refractivity contribution in [1.82, 2.24) is 10.2 Å².